The molecule has 0 fully saturated rings. The van der Waals surface area contributed by atoms with Gasteiger partial charge in [0.2, 0.25) is 0 Å². The standard InChI is InChI=1S/C72H52F2N6/c1-71(2)57-37-45(63-41-77-65(43-75-63)79(47-21-9-5-10-22-47)48-23-11-6-12-24-48)33-35-51(57)69-59(71)39-55-56(67(69)53-29-17-19-31-61(53)73)40-60-70(68(55)54-30-18-20-32-62(54)74)52-36-34-46(38-58(52)72(60,3)4)64-42-78-66(44-76-64)80(49-25-13-7-14-26-49)50-27-15-8-16-28-50/h5-44H,1-4H3. The molecule has 0 amide bonds. The molecule has 2 aliphatic carbocycles. The smallest absolute Gasteiger partial charge is 0.156 e. The van der Waals surface area contributed by atoms with Crippen LogP contribution in [0.15, 0.2) is 243 Å². The third-order valence-electron chi connectivity index (χ3n) is 16.4. The van der Waals surface area contributed by atoms with Gasteiger partial charge in [0, 0.05) is 67.0 Å². The SMILES string of the molecule is CC1(C)c2cc(-c3cnc(N(c4ccccc4)c4ccccc4)cn3)ccc2-c2c1cc1c(-c3ccccc3F)c3c(cc1c2-c1ccccc1F)C(C)(C)c1cc(-c2cnc(N(c4ccccc4)c4ccccc4)cn2)ccc1-3. The molecule has 6 nitrogen and oxygen atoms in total. The lowest BCUT2D eigenvalue weighted by Crippen LogP contribution is -2.16. The van der Waals surface area contributed by atoms with E-state index in [1.807, 2.05) is 122 Å². The van der Waals surface area contributed by atoms with Crippen LogP contribution in [0.4, 0.5) is 43.2 Å². The Bertz CT molecular complexity index is 4000. The Morgan fingerprint density at radius 3 is 0.975 bits per heavy atom. The summed E-state index contributed by atoms with van der Waals surface area (Å²) >= 11 is 0. The van der Waals surface area contributed by atoms with Crippen LogP contribution in [0.1, 0.15) is 49.9 Å². The average Bonchev–Trinajstić information content (AvgIpc) is 4.10. The van der Waals surface area contributed by atoms with Gasteiger partial charge < -0.3 is 0 Å². The second kappa shape index (κ2) is 18.9. The molecule has 8 heteroatoms. The van der Waals surface area contributed by atoms with Crippen LogP contribution in [-0.4, -0.2) is 19.9 Å². The maximum absolute atomic E-state index is 16.9. The molecule has 10 aromatic carbocycles. The summed E-state index contributed by atoms with van der Waals surface area (Å²) in [6.07, 6.45) is 7.33. The number of hydrogen-bond donors (Lipinski definition) is 0. The molecule has 80 heavy (non-hydrogen) atoms. The lowest BCUT2D eigenvalue weighted by atomic mass is 9.76. The van der Waals surface area contributed by atoms with E-state index in [1.54, 1.807) is 12.1 Å². The highest BCUT2D eigenvalue weighted by Gasteiger charge is 2.43. The first-order valence-electron chi connectivity index (χ1n) is 27.0. The summed E-state index contributed by atoms with van der Waals surface area (Å²) < 4.78 is 33.8. The third-order valence-corrected chi connectivity index (χ3v) is 16.4. The summed E-state index contributed by atoms with van der Waals surface area (Å²) in [6, 6.07) is 72.2. The van der Waals surface area contributed by atoms with Crippen LogP contribution < -0.4 is 9.80 Å². The Morgan fingerprint density at radius 1 is 0.312 bits per heavy atom. The minimum Gasteiger partial charge on any atom is -0.294 e. The van der Waals surface area contributed by atoms with Crippen LogP contribution in [-0.2, 0) is 10.8 Å². The molecule has 384 valence electrons. The van der Waals surface area contributed by atoms with E-state index in [0.29, 0.717) is 22.8 Å². The predicted molar refractivity (Wildman–Crippen MR) is 321 cm³/mol. The quantitative estimate of drug-likeness (QED) is 0.136. The second-order valence-corrected chi connectivity index (χ2v) is 21.7. The molecule has 0 atom stereocenters. The topological polar surface area (TPSA) is 58.0 Å². The minimum absolute atomic E-state index is 0.330. The molecule has 12 aromatic rings. The average molecular weight is 1040 g/mol. The van der Waals surface area contributed by atoms with E-state index in [2.05, 4.69) is 135 Å². The van der Waals surface area contributed by atoms with Gasteiger partial charge in [-0.05, 0) is 140 Å². The number of para-hydroxylation sites is 4. The van der Waals surface area contributed by atoms with Gasteiger partial charge >= 0.3 is 0 Å². The van der Waals surface area contributed by atoms with Crippen LogP contribution >= 0.6 is 0 Å². The fourth-order valence-corrected chi connectivity index (χ4v) is 12.4. The molecule has 0 aliphatic heterocycles. The molecule has 0 spiro atoms. The maximum Gasteiger partial charge on any atom is 0.156 e. The number of halogens is 2. The first kappa shape index (κ1) is 48.5. The van der Waals surface area contributed by atoms with E-state index in [-0.39, 0.29) is 11.6 Å². The van der Waals surface area contributed by atoms with Crippen LogP contribution in [0.2, 0.25) is 0 Å². The minimum atomic E-state index is -0.576. The van der Waals surface area contributed by atoms with Crippen molar-refractivity contribution in [2.24, 2.45) is 0 Å². The van der Waals surface area contributed by atoms with Crippen molar-refractivity contribution in [1.29, 1.82) is 0 Å². The van der Waals surface area contributed by atoms with Crippen molar-refractivity contribution in [3.63, 3.8) is 0 Å². The molecule has 0 unspecified atom stereocenters. The van der Waals surface area contributed by atoms with Crippen molar-refractivity contribution >= 4 is 45.2 Å². The number of benzene rings is 10. The molecule has 0 N–H and O–H groups in total. The van der Waals surface area contributed by atoms with Crippen molar-refractivity contribution in [2.75, 3.05) is 9.80 Å². The van der Waals surface area contributed by atoms with Gasteiger partial charge in [-0.15, -0.1) is 0 Å². The van der Waals surface area contributed by atoms with Crippen molar-refractivity contribution in [2.45, 2.75) is 38.5 Å². The number of hydrogen-bond acceptors (Lipinski definition) is 6. The van der Waals surface area contributed by atoms with Gasteiger partial charge in [-0.2, -0.15) is 0 Å². The lowest BCUT2D eigenvalue weighted by Gasteiger charge is -2.27. The monoisotopic (exact) mass is 1040 g/mol. The van der Waals surface area contributed by atoms with E-state index < -0.39 is 10.8 Å². The number of rotatable bonds is 10. The first-order valence-corrected chi connectivity index (χ1v) is 27.0. The zero-order valence-corrected chi connectivity index (χ0v) is 44.5. The van der Waals surface area contributed by atoms with Gasteiger partial charge in [-0.25, -0.2) is 18.7 Å². The highest BCUT2D eigenvalue weighted by atomic mass is 19.1. The Morgan fingerprint density at radius 2 is 0.650 bits per heavy atom. The van der Waals surface area contributed by atoms with Gasteiger partial charge in [0.25, 0.3) is 0 Å². The van der Waals surface area contributed by atoms with Crippen LogP contribution in [0.3, 0.4) is 0 Å². The molecule has 0 saturated heterocycles. The molecule has 14 rings (SSSR count). The Labute approximate surface area is 464 Å². The zero-order valence-electron chi connectivity index (χ0n) is 44.5. The maximum atomic E-state index is 16.9. The molecular weight excluding hydrogens is 987 g/mol. The number of anilines is 6. The fourth-order valence-electron chi connectivity index (χ4n) is 12.4. The number of fused-ring (bicyclic) bond motifs is 7. The van der Waals surface area contributed by atoms with Gasteiger partial charge in [0.05, 0.1) is 36.2 Å². The Balaban J connectivity index is 0.918. The van der Waals surface area contributed by atoms with Crippen LogP contribution in [0, 0.1) is 11.6 Å². The van der Waals surface area contributed by atoms with E-state index in [9.17, 15) is 0 Å². The number of nitrogens with zero attached hydrogens (tertiary/aromatic N) is 6. The molecule has 2 aromatic heterocycles. The van der Waals surface area contributed by atoms with Gasteiger partial charge in [-0.3, -0.25) is 19.8 Å². The van der Waals surface area contributed by atoms with Gasteiger partial charge in [-0.1, -0.05) is 161 Å². The Kier molecular flexibility index (Phi) is 11.5. The lowest BCUT2D eigenvalue weighted by molar-refractivity contribution is 0.630. The van der Waals surface area contributed by atoms with E-state index >= 15 is 8.78 Å². The van der Waals surface area contributed by atoms with Crippen LogP contribution in [0.5, 0.6) is 0 Å². The van der Waals surface area contributed by atoms with Crippen LogP contribution in [0.25, 0.3) is 77.8 Å². The predicted octanol–water partition coefficient (Wildman–Crippen LogP) is 18.9. The summed E-state index contributed by atoms with van der Waals surface area (Å²) in [5.41, 5.74) is 16.8. The molecule has 0 radical (unpaired) electrons. The van der Waals surface area contributed by atoms with Crippen molar-refractivity contribution < 1.29 is 8.78 Å². The zero-order chi connectivity index (χ0) is 54.3. The largest absolute Gasteiger partial charge is 0.294 e. The van der Waals surface area contributed by atoms with Gasteiger partial charge in [0.1, 0.15) is 11.6 Å². The molecule has 2 heterocycles. The highest BCUT2D eigenvalue weighted by Crippen LogP contribution is 2.60. The third kappa shape index (κ3) is 7.81. The molecule has 0 saturated carbocycles. The van der Waals surface area contributed by atoms with Gasteiger partial charge in [0.15, 0.2) is 11.6 Å². The van der Waals surface area contributed by atoms with E-state index in [0.717, 1.165) is 112 Å². The molecule has 2 aliphatic rings. The number of aromatic nitrogens is 4. The second-order valence-electron chi connectivity index (χ2n) is 21.7. The van der Waals surface area contributed by atoms with Crippen molar-refractivity contribution in [3.05, 3.63) is 277 Å². The summed E-state index contributed by atoms with van der Waals surface area (Å²) in [6.45, 7) is 8.93. The summed E-state index contributed by atoms with van der Waals surface area (Å²) in [5.74, 6) is 0.728. The summed E-state index contributed by atoms with van der Waals surface area (Å²) in [7, 11) is 0. The fraction of sp³-hybridized carbons (Fsp3) is 0.0833. The summed E-state index contributed by atoms with van der Waals surface area (Å²) in [4.78, 5) is 24.3. The van der Waals surface area contributed by atoms with E-state index in [4.69, 9.17) is 19.9 Å². The molecule has 0 bridgehead atoms. The first-order chi connectivity index (χ1) is 39.0. The normalized spacial score (nSPS) is 13.3. The Hall–Kier alpha value is -9.92. The summed E-state index contributed by atoms with van der Waals surface area (Å²) in [5, 5.41) is 1.70. The van der Waals surface area contributed by atoms with Crippen molar-refractivity contribution in [1.82, 2.24) is 19.9 Å². The van der Waals surface area contributed by atoms with Crippen molar-refractivity contribution in [3.8, 4) is 67.0 Å². The van der Waals surface area contributed by atoms with E-state index in [1.165, 1.54) is 12.1 Å². The highest BCUT2D eigenvalue weighted by molar-refractivity contribution is 6.17. The molecular formula is C72H52F2N6.